The zero-order valence-electron chi connectivity index (χ0n) is 15.7. The Labute approximate surface area is 160 Å². The summed E-state index contributed by atoms with van der Waals surface area (Å²) in [4.78, 5) is 12.5. The van der Waals surface area contributed by atoms with Crippen LogP contribution in [0.5, 0.6) is 0 Å². The van der Waals surface area contributed by atoms with E-state index in [0.29, 0.717) is 28.9 Å². The van der Waals surface area contributed by atoms with Gasteiger partial charge in [-0.15, -0.1) is 0 Å². The fourth-order valence-corrected chi connectivity index (χ4v) is 9.25. The standard InChI is InChI=1S/C22H33BrO2/c1-12-20-16-4-3-15-13(14(16)8-10-22(12,20)25)7-9-21(2)17(15)5-6-18(21)19(24)11-23/h12-18,20,25H,3-11H2,1-2H3/t12?,13-,14-,15-,16-,17+,18-,20?,21+,22+/m1/s1. The van der Waals surface area contributed by atoms with Crippen LogP contribution in [0.15, 0.2) is 0 Å². The summed E-state index contributed by atoms with van der Waals surface area (Å²) in [6, 6.07) is 0. The maximum atomic E-state index is 12.5. The molecule has 5 rings (SSSR count). The van der Waals surface area contributed by atoms with Gasteiger partial charge in [0.1, 0.15) is 5.78 Å². The summed E-state index contributed by atoms with van der Waals surface area (Å²) in [5, 5.41) is 11.4. The molecule has 3 heteroatoms. The zero-order chi connectivity index (χ0) is 17.6. The van der Waals surface area contributed by atoms with Gasteiger partial charge in [-0.25, -0.2) is 0 Å². The van der Waals surface area contributed by atoms with Crippen molar-refractivity contribution in [3.8, 4) is 0 Å². The summed E-state index contributed by atoms with van der Waals surface area (Å²) in [6.45, 7) is 4.73. The van der Waals surface area contributed by atoms with E-state index in [0.717, 1.165) is 42.4 Å². The normalized spacial score (nSPS) is 59.4. The predicted molar refractivity (Wildman–Crippen MR) is 102 cm³/mol. The molecular formula is C22H33BrO2. The summed E-state index contributed by atoms with van der Waals surface area (Å²) in [7, 11) is 0. The van der Waals surface area contributed by atoms with Crippen LogP contribution in [0.2, 0.25) is 0 Å². The van der Waals surface area contributed by atoms with Crippen molar-refractivity contribution in [2.45, 2.75) is 70.8 Å². The van der Waals surface area contributed by atoms with Crippen LogP contribution in [0.3, 0.4) is 0 Å². The number of alkyl halides is 1. The van der Waals surface area contributed by atoms with Gasteiger partial charge in [0.15, 0.2) is 0 Å². The van der Waals surface area contributed by atoms with Crippen molar-refractivity contribution in [2.75, 3.05) is 5.33 Å². The number of hydrogen-bond acceptors (Lipinski definition) is 2. The van der Waals surface area contributed by atoms with Crippen molar-refractivity contribution in [3.05, 3.63) is 0 Å². The predicted octanol–water partition coefficient (Wildman–Crippen LogP) is 4.83. The van der Waals surface area contributed by atoms with Crippen LogP contribution < -0.4 is 0 Å². The minimum atomic E-state index is -0.294. The highest BCUT2D eigenvalue weighted by atomic mass is 79.9. The van der Waals surface area contributed by atoms with Crippen LogP contribution >= 0.6 is 15.9 Å². The molecule has 1 N–H and O–H groups in total. The Hall–Kier alpha value is 0.110. The molecule has 140 valence electrons. The lowest BCUT2D eigenvalue weighted by Crippen LogP contribution is -2.50. The fourth-order valence-electron chi connectivity index (χ4n) is 8.86. The Kier molecular flexibility index (Phi) is 3.83. The van der Waals surface area contributed by atoms with Crippen LogP contribution in [0.25, 0.3) is 0 Å². The van der Waals surface area contributed by atoms with Gasteiger partial charge in [-0.05, 0) is 98.2 Å². The summed E-state index contributed by atoms with van der Waals surface area (Å²) < 4.78 is 0. The second-order valence-electron chi connectivity index (χ2n) is 10.5. The minimum Gasteiger partial charge on any atom is -0.389 e. The van der Waals surface area contributed by atoms with Crippen LogP contribution in [0.1, 0.15) is 65.2 Å². The molecule has 0 aromatic rings. The first-order valence-corrected chi connectivity index (χ1v) is 11.8. The number of Topliss-reactive ketones (excluding diaryl/α,β-unsaturated/α-hetero) is 1. The number of rotatable bonds is 2. The van der Waals surface area contributed by atoms with Crippen molar-refractivity contribution in [1.82, 2.24) is 0 Å². The lowest BCUT2D eigenvalue weighted by Gasteiger charge is -2.56. The first-order chi connectivity index (χ1) is 11.9. The van der Waals surface area contributed by atoms with Crippen molar-refractivity contribution in [3.63, 3.8) is 0 Å². The Morgan fingerprint density at radius 2 is 1.68 bits per heavy atom. The maximum absolute atomic E-state index is 12.5. The molecule has 0 aliphatic heterocycles. The molecule has 0 aromatic heterocycles. The quantitative estimate of drug-likeness (QED) is 0.664. The van der Waals surface area contributed by atoms with E-state index in [9.17, 15) is 9.90 Å². The molecule has 0 amide bonds. The highest BCUT2D eigenvalue weighted by molar-refractivity contribution is 9.09. The fraction of sp³-hybridized carbons (Fsp3) is 0.955. The highest BCUT2D eigenvalue weighted by Crippen LogP contribution is 2.70. The smallest absolute Gasteiger partial charge is 0.147 e. The van der Waals surface area contributed by atoms with E-state index in [1.165, 1.54) is 38.5 Å². The molecule has 2 unspecified atom stereocenters. The molecule has 5 fully saturated rings. The van der Waals surface area contributed by atoms with Gasteiger partial charge < -0.3 is 5.11 Å². The van der Waals surface area contributed by atoms with Gasteiger partial charge >= 0.3 is 0 Å². The molecule has 2 nitrogen and oxygen atoms in total. The molecule has 25 heavy (non-hydrogen) atoms. The second-order valence-corrected chi connectivity index (χ2v) is 11.0. The van der Waals surface area contributed by atoms with Gasteiger partial charge in [0, 0.05) is 5.92 Å². The zero-order valence-corrected chi connectivity index (χ0v) is 17.3. The Morgan fingerprint density at radius 3 is 2.44 bits per heavy atom. The minimum absolute atomic E-state index is 0.265. The number of hydrogen-bond donors (Lipinski definition) is 1. The van der Waals surface area contributed by atoms with Gasteiger partial charge in [-0.1, -0.05) is 29.8 Å². The third kappa shape index (κ3) is 2.15. The number of carbonyl (C=O) groups excluding carboxylic acids is 1. The lowest BCUT2D eigenvalue weighted by molar-refractivity contribution is -0.128. The molecule has 0 spiro atoms. The summed E-state index contributed by atoms with van der Waals surface area (Å²) in [6.07, 6.45) is 10.0. The van der Waals surface area contributed by atoms with E-state index in [1.54, 1.807) is 0 Å². The second kappa shape index (κ2) is 5.56. The summed E-state index contributed by atoms with van der Waals surface area (Å²) in [5.74, 6) is 6.07. The third-order valence-corrected chi connectivity index (χ3v) is 10.6. The Bertz CT molecular complexity index is 591. The molecule has 0 saturated heterocycles. The molecule has 0 bridgehead atoms. The topological polar surface area (TPSA) is 37.3 Å². The molecule has 0 radical (unpaired) electrons. The third-order valence-electron chi connectivity index (χ3n) is 10.1. The van der Waals surface area contributed by atoms with Crippen LogP contribution in [-0.2, 0) is 4.79 Å². The number of aliphatic hydroxyl groups is 1. The van der Waals surface area contributed by atoms with E-state index in [4.69, 9.17) is 0 Å². The van der Waals surface area contributed by atoms with Crippen molar-refractivity contribution in [2.24, 2.45) is 52.8 Å². The highest BCUT2D eigenvalue weighted by Gasteiger charge is 2.69. The molecule has 10 atom stereocenters. The summed E-state index contributed by atoms with van der Waals surface area (Å²) >= 11 is 3.43. The van der Waals surface area contributed by atoms with E-state index >= 15 is 0 Å². The van der Waals surface area contributed by atoms with E-state index < -0.39 is 0 Å². The molecule has 0 heterocycles. The molecule has 5 aliphatic rings. The van der Waals surface area contributed by atoms with E-state index in [-0.39, 0.29) is 11.0 Å². The first kappa shape index (κ1) is 17.2. The van der Waals surface area contributed by atoms with E-state index in [1.807, 2.05) is 0 Å². The lowest BCUT2D eigenvalue weighted by atomic mass is 9.49. The number of fused-ring (bicyclic) bond motifs is 7. The number of halogens is 1. The molecule has 5 aliphatic carbocycles. The Balaban J connectivity index is 1.39. The van der Waals surface area contributed by atoms with Crippen LogP contribution in [0, 0.1) is 52.8 Å². The largest absolute Gasteiger partial charge is 0.389 e. The van der Waals surface area contributed by atoms with Gasteiger partial charge in [-0.3, -0.25) is 4.79 Å². The SMILES string of the molecule is CC1C2[C@@H]3CC[C@@H]4[C@H](CC[C@]5(C)[C@@H](C(=O)CBr)CC[C@@H]45)[C@H]3CC[C@]12O. The van der Waals surface area contributed by atoms with Crippen molar-refractivity contribution in [1.29, 1.82) is 0 Å². The molecule has 0 aromatic carbocycles. The van der Waals surface area contributed by atoms with E-state index in [2.05, 4.69) is 29.8 Å². The Morgan fingerprint density at radius 1 is 1.00 bits per heavy atom. The van der Waals surface area contributed by atoms with Gasteiger partial charge in [0.2, 0.25) is 0 Å². The number of ketones is 1. The first-order valence-electron chi connectivity index (χ1n) is 10.7. The van der Waals surface area contributed by atoms with Gasteiger partial charge in [-0.2, -0.15) is 0 Å². The maximum Gasteiger partial charge on any atom is 0.147 e. The molecule has 5 saturated carbocycles. The number of carbonyl (C=O) groups is 1. The van der Waals surface area contributed by atoms with Crippen LogP contribution in [-0.4, -0.2) is 21.8 Å². The van der Waals surface area contributed by atoms with Crippen molar-refractivity contribution >= 4 is 21.7 Å². The monoisotopic (exact) mass is 408 g/mol. The average Bonchev–Trinajstić information content (AvgIpc) is 2.98. The van der Waals surface area contributed by atoms with Gasteiger partial charge in [0.05, 0.1) is 10.9 Å². The molecular weight excluding hydrogens is 376 g/mol. The van der Waals surface area contributed by atoms with Crippen molar-refractivity contribution < 1.29 is 9.90 Å². The van der Waals surface area contributed by atoms with Crippen LogP contribution in [0.4, 0.5) is 0 Å². The summed E-state index contributed by atoms with van der Waals surface area (Å²) in [5.41, 5.74) is -0.0287. The average molecular weight is 409 g/mol. The van der Waals surface area contributed by atoms with Gasteiger partial charge in [0.25, 0.3) is 0 Å².